The van der Waals surface area contributed by atoms with Gasteiger partial charge in [-0.05, 0) is 37.3 Å². The summed E-state index contributed by atoms with van der Waals surface area (Å²) in [5.41, 5.74) is 1.32. The van der Waals surface area contributed by atoms with Crippen LogP contribution >= 0.6 is 0 Å². The summed E-state index contributed by atoms with van der Waals surface area (Å²) in [6.45, 7) is 4.19. The first kappa shape index (κ1) is 16.9. The van der Waals surface area contributed by atoms with E-state index >= 15 is 0 Å². The van der Waals surface area contributed by atoms with E-state index in [1.807, 2.05) is 24.3 Å². The van der Waals surface area contributed by atoms with Crippen LogP contribution < -0.4 is 10.6 Å². The molecular formula is C18H20N4O3. The first-order valence-corrected chi connectivity index (χ1v) is 8.20. The molecule has 0 aliphatic carbocycles. The Morgan fingerprint density at radius 3 is 2.36 bits per heavy atom. The van der Waals surface area contributed by atoms with Crippen molar-refractivity contribution in [2.24, 2.45) is 0 Å². The van der Waals surface area contributed by atoms with Gasteiger partial charge in [-0.1, -0.05) is 0 Å². The lowest BCUT2D eigenvalue weighted by Gasteiger charge is -2.36. The fourth-order valence-corrected chi connectivity index (χ4v) is 2.87. The van der Waals surface area contributed by atoms with E-state index < -0.39 is 5.69 Å². The SMILES string of the molecule is CC(=O)c1ccc(N2CCN(C(=O)Cn3cccnc3=O)CC2)cc1. The normalized spacial score (nSPS) is 14.4. The van der Waals surface area contributed by atoms with Crippen LogP contribution in [0, 0.1) is 0 Å². The number of carbonyl (C=O) groups excluding carboxylic acids is 2. The second kappa shape index (κ2) is 7.29. The van der Waals surface area contributed by atoms with E-state index in [4.69, 9.17) is 0 Å². The van der Waals surface area contributed by atoms with Crippen LogP contribution in [-0.2, 0) is 11.3 Å². The van der Waals surface area contributed by atoms with Gasteiger partial charge in [-0.25, -0.2) is 9.78 Å². The molecule has 3 rings (SSSR count). The molecule has 1 fully saturated rings. The van der Waals surface area contributed by atoms with Gasteiger partial charge < -0.3 is 9.80 Å². The third kappa shape index (κ3) is 3.93. The molecule has 1 saturated heterocycles. The van der Waals surface area contributed by atoms with E-state index in [1.165, 1.54) is 10.8 Å². The maximum Gasteiger partial charge on any atom is 0.347 e. The molecule has 7 heteroatoms. The fourth-order valence-electron chi connectivity index (χ4n) is 2.87. The molecule has 1 amide bonds. The molecule has 25 heavy (non-hydrogen) atoms. The summed E-state index contributed by atoms with van der Waals surface area (Å²) in [5, 5.41) is 0. The van der Waals surface area contributed by atoms with Crippen molar-refractivity contribution >= 4 is 17.4 Å². The molecular weight excluding hydrogens is 320 g/mol. The van der Waals surface area contributed by atoms with Crippen LogP contribution in [0.5, 0.6) is 0 Å². The number of benzene rings is 1. The maximum absolute atomic E-state index is 12.4. The van der Waals surface area contributed by atoms with E-state index in [0.29, 0.717) is 31.7 Å². The molecule has 0 unspecified atom stereocenters. The lowest BCUT2D eigenvalue weighted by molar-refractivity contribution is -0.132. The summed E-state index contributed by atoms with van der Waals surface area (Å²) < 4.78 is 1.31. The Labute approximate surface area is 145 Å². The van der Waals surface area contributed by atoms with Crippen LogP contribution in [0.4, 0.5) is 5.69 Å². The second-order valence-corrected chi connectivity index (χ2v) is 6.00. The highest BCUT2D eigenvalue weighted by Gasteiger charge is 2.21. The molecule has 1 aromatic heterocycles. The first-order chi connectivity index (χ1) is 12.0. The molecule has 7 nitrogen and oxygen atoms in total. The highest BCUT2D eigenvalue weighted by atomic mass is 16.2. The number of anilines is 1. The number of Topliss-reactive ketones (excluding diaryl/α,β-unsaturated/α-hetero) is 1. The minimum absolute atomic E-state index is 0.0139. The maximum atomic E-state index is 12.4. The highest BCUT2D eigenvalue weighted by molar-refractivity contribution is 5.94. The Hall–Kier alpha value is -2.96. The van der Waals surface area contributed by atoms with E-state index in [1.54, 1.807) is 24.1 Å². The second-order valence-electron chi connectivity index (χ2n) is 6.00. The summed E-state index contributed by atoms with van der Waals surface area (Å²) >= 11 is 0. The number of piperazine rings is 1. The molecule has 0 spiro atoms. The predicted molar refractivity (Wildman–Crippen MR) is 93.7 cm³/mol. The van der Waals surface area contributed by atoms with Crippen LogP contribution in [0.3, 0.4) is 0 Å². The minimum Gasteiger partial charge on any atom is -0.368 e. The lowest BCUT2D eigenvalue weighted by Crippen LogP contribution is -2.50. The third-order valence-electron chi connectivity index (χ3n) is 4.36. The van der Waals surface area contributed by atoms with Crippen molar-refractivity contribution in [1.29, 1.82) is 0 Å². The molecule has 1 aliphatic rings. The van der Waals surface area contributed by atoms with E-state index in [-0.39, 0.29) is 18.2 Å². The molecule has 0 atom stereocenters. The predicted octanol–water partition coefficient (Wildman–Crippen LogP) is 0.795. The Balaban J connectivity index is 1.58. The molecule has 2 aromatic rings. The van der Waals surface area contributed by atoms with E-state index in [0.717, 1.165) is 5.69 Å². The van der Waals surface area contributed by atoms with Crippen LogP contribution in [0.1, 0.15) is 17.3 Å². The average molecular weight is 340 g/mol. The molecule has 2 heterocycles. The quantitative estimate of drug-likeness (QED) is 0.770. The number of hydrogen-bond acceptors (Lipinski definition) is 5. The average Bonchev–Trinajstić information content (AvgIpc) is 2.64. The Kier molecular flexibility index (Phi) is 4.92. The van der Waals surface area contributed by atoms with Gasteiger partial charge >= 0.3 is 5.69 Å². The summed E-state index contributed by atoms with van der Waals surface area (Å²) in [4.78, 5) is 42.9. The van der Waals surface area contributed by atoms with Gasteiger partial charge in [0.25, 0.3) is 0 Å². The minimum atomic E-state index is -0.417. The number of hydrogen-bond donors (Lipinski definition) is 0. The topological polar surface area (TPSA) is 75.5 Å². The van der Waals surface area contributed by atoms with Crippen molar-refractivity contribution in [3.8, 4) is 0 Å². The van der Waals surface area contributed by atoms with Gasteiger partial charge in [0.1, 0.15) is 6.54 Å². The van der Waals surface area contributed by atoms with Gasteiger partial charge in [-0.15, -0.1) is 0 Å². The van der Waals surface area contributed by atoms with Gasteiger partial charge in [0.15, 0.2) is 5.78 Å². The smallest absolute Gasteiger partial charge is 0.347 e. The van der Waals surface area contributed by atoms with Crippen molar-refractivity contribution in [2.75, 3.05) is 31.1 Å². The monoisotopic (exact) mass is 340 g/mol. The van der Waals surface area contributed by atoms with Crippen LogP contribution in [0.25, 0.3) is 0 Å². The molecule has 0 N–H and O–H groups in total. The van der Waals surface area contributed by atoms with Crippen molar-refractivity contribution in [2.45, 2.75) is 13.5 Å². The van der Waals surface area contributed by atoms with Crippen molar-refractivity contribution < 1.29 is 9.59 Å². The largest absolute Gasteiger partial charge is 0.368 e. The first-order valence-electron chi connectivity index (χ1n) is 8.20. The fraction of sp³-hybridized carbons (Fsp3) is 0.333. The summed E-state index contributed by atoms with van der Waals surface area (Å²) in [6.07, 6.45) is 2.99. The van der Waals surface area contributed by atoms with Gasteiger partial charge in [0, 0.05) is 49.8 Å². The van der Waals surface area contributed by atoms with Gasteiger partial charge in [0.05, 0.1) is 0 Å². The molecule has 130 valence electrons. The van der Waals surface area contributed by atoms with Gasteiger partial charge in [-0.2, -0.15) is 0 Å². The lowest BCUT2D eigenvalue weighted by atomic mass is 10.1. The highest BCUT2D eigenvalue weighted by Crippen LogP contribution is 2.17. The van der Waals surface area contributed by atoms with Gasteiger partial charge in [-0.3, -0.25) is 14.2 Å². The Morgan fingerprint density at radius 2 is 1.76 bits per heavy atom. The molecule has 0 bridgehead atoms. The summed E-state index contributed by atoms with van der Waals surface area (Å²) in [5.74, 6) is -0.0331. The zero-order valence-corrected chi connectivity index (χ0v) is 14.1. The number of carbonyl (C=O) groups is 2. The zero-order valence-electron chi connectivity index (χ0n) is 14.1. The van der Waals surface area contributed by atoms with Crippen LogP contribution in [0.15, 0.2) is 47.5 Å². The number of rotatable bonds is 4. The number of amides is 1. The zero-order chi connectivity index (χ0) is 17.8. The van der Waals surface area contributed by atoms with Crippen molar-refractivity contribution in [1.82, 2.24) is 14.5 Å². The van der Waals surface area contributed by atoms with Crippen molar-refractivity contribution in [3.05, 3.63) is 58.8 Å². The number of nitrogens with zero attached hydrogens (tertiary/aromatic N) is 4. The number of ketones is 1. The summed E-state index contributed by atoms with van der Waals surface area (Å²) in [6, 6.07) is 9.15. The van der Waals surface area contributed by atoms with Gasteiger partial charge in [0.2, 0.25) is 5.91 Å². The summed E-state index contributed by atoms with van der Waals surface area (Å²) in [7, 11) is 0. The van der Waals surface area contributed by atoms with Crippen LogP contribution in [0.2, 0.25) is 0 Å². The van der Waals surface area contributed by atoms with E-state index in [9.17, 15) is 14.4 Å². The molecule has 0 saturated carbocycles. The molecule has 1 aliphatic heterocycles. The number of aromatic nitrogens is 2. The van der Waals surface area contributed by atoms with Crippen molar-refractivity contribution in [3.63, 3.8) is 0 Å². The third-order valence-corrected chi connectivity index (χ3v) is 4.36. The standard InChI is InChI=1S/C18H20N4O3/c1-14(23)15-3-5-16(6-4-15)20-9-11-21(12-10-20)17(24)13-22-8-2-7-19-18(22)25/h2-8H,9-13H2,1H3. The Bertz CT molecular complexity index is 821. The van der Waals surface area contributed by atoms with Crippen LogP contribution in [-0.4, -0.2) is 52.3 Å². The molecule has 1 aromatic carbocycles. The van der Waals surface area contributed by atoms with E-state index in [2.05, 4.69) is 9.88 Å². The Morgan fingerprint density at radius 1 is 1.08 bits per heavy atom. The molecule has 0 radical (unpaired) electrons.